The largest absolute Gasteiger partial charge is 0.307 e. The molecule has 0 aliphatic carbocycles. The molecule has 4 heteroatoms. The third-order valence-electron chi connectivity index (χ3n) is 3.57. The average molecular weight is 344 g/mol. The number of nitrogens with zero attached hydrogens (tertiary/aromatic N) is 2. The molecular formula is C17H18BrN3. The highest BCUT2D eigenvalue weighted by atomic mass is 79.9. The summed E-state index contributed by atoms with van der Waals surface area (Å²) >= 11 is 3.45. The number of hydrogen-bond acceptors (Lipinski definition) is 2. The van der Waals surface area contributed by atoms with Gasteiger partial charge in [0.25, 0.3) is 0 Å². The van der Waals surface area contributed by atoms with Crippen LogP contribution in [0.15, 0.2) is 53.0 Å². The van der Waals surface area contributed by atoms with E-state index in [1.807, 2.05) is 0 Å². The van der Waals surface area contributed by atoms with Gasteiger partial charge >= 0.3 is 0 Å². The number of aromatic nitrogens is 2. The Kier molecular flexibility index (Phi) is 4.36. The molecule has 1 aromatic heterocycles. The van der Waals surface area contributed by atoms with E-state index < -0.39 is 0 Å². The number of para-hydroxylation sites is 1. The lowest BCUT2D eigenvalue weighted by Crippen LogP contribution is -2.13. The van der Waals surface area contributed by atoms with Crippen molar-refractivity contribution in [3.63, 3.8) is 0 Å². The lowest BCUT2D eigenvalue weighted by molar-refractivity contribution is 0.631. The predicted octanol–water partition coefficient (Wildman–Crippen LogP) is 4.11. The minimum atomic E-state index is 0.781. The van der Waals surface area contributed by atoms with Gasteiger partial charge in [-0.2, -0.15) is 5.10 Å². The van der Waals surface area contributed by atoms with Crippen LogP contribution < -0.4 is 5.32 Å². The standard InChI is InChI=1S/C17H18BrN3/c1-2-21-17-6-4-3-5-15(17)16(20-21)12-19-11-13-7-9-14(18)10-8-13/h3-10,19H,2,11-12H2,1H3. The highest BCUT2D eigenvalue weighted by Gasteiger charge is 2.08. The number of benzene rings is 2. The summed E-state index contributed by atoms with van der Waals surface area (Å²) in [4.78, 5) is 0. The van der Waals surface area contributed by atoms with Gasteiger partial charge in [0.05, 0.1) is 11.2 Å². The summed E-state index contributed by atoms with van der Waals surface area (Å²) in [5.74, 6) is 0. The van der Waals surface area contributed by atoms with Crippen molar-refractivity contribution in [1.29, 1.82) is 0 Å². The lowest BCUT2D eigenvalue weighted by atomic mass is 10.2. The molecule has 3 rings (SSSR count). The first-order valence-electron chi connectivity index (χ1n) is 7.17. The van der Waals surface area contributed by atoms with Gasteiger partial charge < -0.3 is 5.32 Å². The predicted molar refractivity (Wildman–Crippen MR) is 90.1 cm³/mol. The Hall–Kier alpha value is -1.65. The van der Waals surface area contributed by atoms with Gasteiger partial charge in [0.1, 0.15) is 0 Å². The molecule has 2 aromatic carbocycles. The van der Waals surface area contributed by atoms with E-state index >= 15 is 0 Å². The summed E-state index contributed by atoms with van der Waals surface area (Å²) in [6.07, 6.45) is 0. The molecule has 0 unspecified atom stereocenters. The molecule has 0 saturated heterocycles. The molecule has 0 aliphatic heterocycles. The van der Waals surface area contributed by atoms with Crippen LogP contribution >= 0.6 is 15.9 Å². The third-order valence-corrected chi connectivity index (χ3v) is 4.10. The summed E-state index contributed by atoms with van der Waals surface area (Å²) in [7, 11) is 0. The Morgan fingerprint density at radius 1 is 1.05 bits per heavy atom. The van der Waals surface area contributed by atoms with Crippen LogP contribution in [0.1, 0.15) is 18.2 Å². The molecule has 0 spiro atoms. The van der Waals surface area contributed by atoms with Crippen molar-refractivity contribution >= 4 is 26.8 Å². The lowest BCUT2D eigenvalue weighted by Gasteiger charge is -2.03. The van der Waals surface area contributed by atoms with Gasteiger partial charge in [-0.1, -0.05) is 46.3 Å². The van der Waals surface area contributed by atoms with Gasteiger partial charge in [-0.3, -0.25) is 4.68 Å². The number of fused-ring (bicyclic) bond motifs is 1. The third kappa shape index (κ3) is 3.17. The highest BCUT2D eigenvalue weighted by Crippen LogP contribution is 2.18. The minimum absolute atomic E-state index is 0.781. The van der Waals surface area contributed by atoms with Crippen LogP contribution in [0.3, 0.4) is 0 Å². The maximum absolute atomic E-state index is 4.70. The highest BCUT2D eigenvalue weighted by molar-refractivity contribution is 9.10. The number of hydrogen-bond donors (Lipinski definition) is 1. The fourth-order valence-electron chi connectivity index (χ4n) is 2.50. The molecule has 0 amide bonds. The molecule has 3 aromatic rings. The SMILES string of the molecule is CCn1nc(CNCc2ccc(Br)cc2)c2ccccc21. The van der Waals surface area contributed by atoms with E-state index in [9.17, 15) is 0 Å². The second-order valence-corrected chi connectivity index (χ2v) is 5.93. The minimum Gasteiger partial charge on any atom is -0.307 e. The Balaban J connectivity index is 1.72. The van der Waals surface area contributed by atoms with Crippen molar-refractivity contribution in [2.24, 2.45) is 0 Å². The van der Waals surface area contributed by atoms with Crippen LogP contribution in [0.4, 0.5) is 0 Å². The molecule has 0 bridgehead atoms. The van der Waals surface area contributed by atoms with E-state index in [1.54, 1.807) is 0 Å². The summed E-state index contributed by atoms with van der Waals surface area (Å²) in [5, 5.41) is 9.41. The number of rotatable bonds is 5. The molecule has 1 N–H and O–H groups in total. The average Bonchev–Trinajstić information content (AvgIpc) is 2.88. The zero-order valence-electron chi connectivity index (χ0n) is 12.0. The molecular weight excluding hydrogens is 326 g/mol. The summed E-state index contributed by atoms with van der Waals surface area (Å²) in [6, 6.07) is 16.8. The van der Waals surface area contributed by atoms with Gasteiger partial charge in [-0.25, -0.2) is 0 Å². The first kappa shape index (κ1) is 14.3. The quantitative estimate of drug-likeness (QED) is 0.755. The first-order chi connectivity index (χ1) is 10.3. The van der Waals surface area contributed by atoms with Gasteiger partial charge in [0.2, 0.25) is 0 Å². The maximum atomic E-state index is 4.70. The van der Waals surface area contributed by atoms with Gasteiger partial charge in [0, 0.05) is 29.5 Å². The van der Waals surface area contributed by atoms with E-state index in [2.05, 4.69) is 81.4 Å². The molecule has 0 aliphatic rings. The van der Waals surface area contributed by atoms with Crippen LogP contribution in [-0.4, -0.2) is 9.78 Å². The van der Waals surface area contributed by atoms with Crippen molar-refractivity contribution in [2.45, 2.75) is 26.6 Å². The number of aryl methyl sites for hydroxylation is 1. The molecule has 1 heterocycles. The van der Waals surface area contributed by atoms with Crippen LogP contribution in [0.2, 0.25) is 0 Å². The first-order valence-corrected chi connectivity index (χ1v) is 7.97. The Labute approximate surface area is 133 Å². The van der Waals surface area contributed by atoms with E-state index in [0.717, 1.165) is 29.8 Å². The maximum Gasteiger partial charge on any atom is 0.0841 e. The van der Waals surface area contributed by atoms with Gasteiger partial charge in [-0.15, -0.1) is 0 Å². The molecule has 0 saturated carbocycles. The van der Waals surface area contributed by atoms with Crippen molar-refractivity contribution in [3.8, 4) is 0 Å². The zero-order valence-corrected chi connectivity index (χ0v) is 13.6. The Morgan fingerprint density at radius 3 is 2.57 bits per heavy atom. The Morgan fingerprint density at radius 2 is 1.81 bits per heavy atom. The van der Waals surface area contributed by atoms with Crippen LogP contribution in [0.25, 0.3) is 10.9 Å². The topological polar surface area (TPSA) is 29.9 Å². The molecule has 0 radical (unpaired) electrons. The van der Waals surface area contributed by atoms with Crippen LogP contribution in [-0.2, 0) is 19.6 Å². The van der Waals surface area contributed by atoms with E-state index in [1.165, 1.54) is 16.5 Å². The molecule has 0 atom stereocenters. The van der Waals surface area contributed by atoms with E-state index in [4.69, 9.17) is 5.10 Å². The number of halogens is 1. The summed E-state index contributed by atoms with van der Waals surface area (Å²) in [5.41, 5.74) is 3.60. The molecule has 21 heavy (non-hydrogen) atoms. The van der Waals surface area contributed by atoms with Crippen molar-refractivity contribution in [3.05, 3.63) is 64.3 Å². The van der Waals surface area contributed by atoms with Crippen molar-refractivity contribution in [1.82, 2.24) is 15.1 Å². The second-order valence-electron chi connectivity index (χ2n) is 5.01. The van der Waals surface area contributed by atoms with Crippen molar-refractivity contribution < 1.29 is 0 Å². The summed E-state index contributed by atoms with van der Waals surface area (Å²) in [6.45, 7) is 4.65. The molecule has 0 fully saturated rings. The molecule has 3 nitrogen and oxygen atoms in total. The van der Waals surface area contributed by atoms with Crippen LogP contribution in [0.5, 0.6) is 0 Å². The normalized spacial score (nSPS) is 11.1. The monoisotopic (exact) mass is 343 g/mol. The fraction of sp³-hybridized carbons (Fsp3) is 0.235. The zero-order chi connectivity index (χ0) is 14.7. The van der Waals surface area contributed by atoms with Crippen LogP contribution in [0, 0.1) is 0 Å². The van der Waals surface area contributed by atoms with E-state index in [-0.39, 0.29) is 0 Å². The number of nitrogens with one attached hydrogen (secondary N) is 1. The van der Waals surface area contributed by atoms with E-state index in [0.29, 0.717) is 0 Å². The fourth-order valence-corrected chi connectivity index (χ4v) is 2.76. The Bertz CT molecular complexity index is 731. The summed E-state index contributed by atoms with van der Waals surface area (Å²) < 4.78 is 3.17. The molecule has 108 valence electrons. The second kappa shape index (κ2) is 6.41. The van der Waals surface area contributed by atoms with Gasteiger partial charge in [-0.05, 0) is 30.7 Å². The smallest absolute Gasteiger partial charge is 0.0841 e. The van der Waals surface area contributed by atoms with Gasteiger partial charge in [0.15, 0.2) is 0 Å². The van der Waals surface area contributed by atoms with Crippen molar-refractivity contribution in [2.75, 3.05) is 0 Å².